The van der Waals surface area contributed by atoms with Gasteiger partial charge in [0.2, 0.25) is 0 Å². The Balaban J connectivity index is 2.01. The zero-order chi connectivity index (χ0) is 8.13. The average Bonchev–Trinajstić information content (AvgIpc) is 2.76. The molecule has 0 heterocycles. The topological polar surface area (TPSA) is 0 Å². The lowest BCUT2D eigenvalue weighted by Gasteiger charge is -2.13. The number of fused-ring (bicyclic) bond motifs is 2. The summed E-state index contributed by atoms with van der Waals surface area (Å²) in [6.07, 6.45) is 9.53. The second-order valence-corrected chi connectivity index (χ2v) is 4.43. The Hall–Kier alpha value is -0.520. The van der Waals surface area contributed by atoms with Crippen LogP contribution in [0.15, 0.2) is 22.8 Å². The van der Waals surface area contributed by atoms with Crippen LogP contribution < -0.4 is 0 Å². The standard InChI is InChI=1S/C12H16/c1-2-8-6-9-4-3-5-10(9)12-7-11(8)12/h6,11-12H,2-5,7H2,1H3. The molecule has 0 amide bonds. The van der Waals surface area contributed by atoms with Gasteiger partial charge in [-0.2, -0.15) is 0 Å². The van der Waals surface area contributed by atoms with Gasteiger partial charge in [-0.15, -0.1) is 0 Å². The first-order chi connectivity index (χ1) is 5.90. The fraction of sp³-hybridized carbons (Fsp3) is 0.667. The molecule has 0 aromatic rings. The molecule has 0 aromatic heterocycles. The van der Waals surface area contributed by atoms with Gasteiger partial charge in [0.15, 0.2) is 0 Å². The highest BCUT2D eigenvalue weighted by atomic mass is 14.5. The lowest BCUT2D eigenvalue weighted by Crippen LogP contribution is -1.98. The summed E-state index contributed by atoms with van der Waals surface area (Å²) in [7, 11) is 0. The third kappa shape index (κ3) is 0.784. The first kappa shape index (κ1) is 6.94. The predicted octanol–water partition coefficient (Wildman–Crippen LogP) is 3.45. The Morgan fingerprint density at radius 1 is 1.33 bits per heavy atom. The van der Waals surface area contributed by atoms with Gasteiger partial charge < -0.3 is 0 Å². The van der Waals surface area contributed by atoms with Gasteiger partial charge in [0.05, 0.1) is 0 Å². The molecular weight excluding hydrogens is 144 g/mol. The molecule has 1 saturated carbocycles. The minimum atomic E-state index is 0.992. The van der Waals surface area contributed by atoms with Crippen LogP contribution in [0, 0.1) is 11.8 Å². The molecule has 12 heavy (non-hydrogen) atoms. The van der Waals surface area contributed by atoms with Crippen LogP contribution in [0.5, 0.6) is 0 Å². The van der Waals surface area contributed by atoms with Crippen molar-refractivity contribution in [3.63, 3.8) is 0 Å². The summed E-state index contributed by atoms with van der Waals surface area (Å²) in [5.74, 6) is 2.01. The Labute approximate surface area is 74.4 Å². The highest BCUT2D eigenvalue weighted by Gasteiger charge is 2.45. The van der Waals surface area contributed by atoms with E-state index in [-0.39, 0.29) is 0 Å². The van der Waals surface area contributed by atoms with Crippen LogP contribution in [0.3, 0.4) is 0 Å². The van der Waals surface area contributed by atoms with Crippen molar-refractivity contribution < 1.29 is 0 Å². The number of rotatable bonds is 1. The zero-order valence-electron chi connectivity index (χ0n) is 7.77. The second kappa shape index (κ2) is 2.25. The van der Waals surface area contributed by atoms with Gasteiger partial charge in [0.25, 0.3) is 0 Å². The smallest absolute Gasteiger partial charge is 0.0126 e. The van der Waals surface area contributed by atoms with Crippen molar-refractivity contribution in [3.05, 3.63) is 22.8 Å². The summed E-state index contributed by atoms with van der Waals surface area (Å²) in [6, 6.07) is 0. The van der Waals surface area contributed by atoms with E-state index in [1.54, 1.807) is 11.1 Å². The SMILES string of the molecule is CCC1=CC2=C(CCC2)C2CC12. The molecule has 0 heteroatoms. The lowest BCUT2D eigenvalue weighted by atomic mass is 9.93. The van der Waals surface area contributed by atoms with Crippen molar-refractivity contribution in [1.82, 2.24) is 0 Å². The Morgan fingerprint density at radius 3 is 3.08 bits per heavy atom. The maximum Gasteiger partial charge on any atom is -0.0126 e. The van der Waals surface area contributed by atoms with Crippen molar-refractivity contribution in [1.29, 1.82) is 0 Å². The Kier molecular flexibility index (Phi) is 1.30. The van der Waals surface area contributed by atoms with E-state index < -0.39 is 0 Å². The van der Waals surface area contributed by atoms with Gasteiger partial charge in [-0.05, 0) is 49.5 Å². The summed E-state index contributed by atoms with van der Waals surface area (Å²) >= 11 is 0. The van der Waals surface area contributed by atoms with Crippen LogP contribution in [0.1, 0.15) is 39.0 Å². The molecular formula is C12H16. The largest absolute Gasteiger partial charge is 0.0665 e. The number of hydrogen-bond acceptors (Lipinski definition) is 0. The van der Waals surface area contributed by atoms with Crippen LogP contribution in [0.25, 0.3) is 0 Å². The summed E-state index contributed by atoms with van der Waals surface area (Å²) in [5.41, 5.74) is 5.32. The monoisotopic (exact) mass is 160 g/mol. The molecule has 1 fully saturated rings. The van der Waals surface area contributed by atoms with E-state index in [1.165, 1.54) is 32.1 Å². The Bertz CT molecular complexity index is 280. The lowest BCUT2D eigenvalue weighted by molar-refractivity contribution is 0.786. The predicted molar refractivity (Wildman–Crippen MR) is 50.8 cm³/mol. The van der Waals surface area contributed by atoms with Gasteiger partial charge in [-0.1, -0.05) is 24.1 Å². The van der Waals surface area contributed by atoms with Crippen LogP contribution in [0.2, 0.25) is 0 Å². The van der Waals surface area contributed by atoms with Gasteiger partial charge in [-0.25, -0.2) is 0 Å². The minimum Gasteiger partial charge on any atom is -0.0665 e. The normalized spacial score (nSPS) is 37.6. The third-order valence-corrected chi connectivity index (χ3v) is 3.79. The molecule has 2 unspecified atom stereocenters. The fourth-order valence-corrected chi connectivity index (χ4v) is 3.06. The average molecular weight is 160 g/mol. The third-order valence-electron chi connectivity index (χ3n) is 3.79. The highest BCUT2D eigenvalue weighted by molar-refractivity contribution is 5.44. The number of hydrogen-bond donors (Lipinski definition) is 0. The molecule has 3 rings (SSSR count). The molecule has 3 aliphatic carbocycles. The van der Waals surface area contributed by atoms with Crippen LogP contribution in [0.4, 0.5) is 0 Å². The fourth-order valence-electron chi connectivity index (χ4n) is 3.06. The van der Waals surface area contributed by atoms with E-state index in [4.69, 9.17) is 0 Å². The first-order valence-corrected chi connectivity index (χ1v) is 5.32. The summed E-state index contributed by atoms with van der Waals surface area (Å²) < 4.78 is 0. The molecule has 0 aliphatic heterocycles. The van der Waals surface area contributed by atoms with E-state index in [0.717, 1.165) is 11.8 Å². The van der Waals surface area contributed by atoms with Crippen LogP contribution in [-0.2, 0) is 0 Å². The van der Waals surface area contributed by atoms with Gasteiger partial charge in [0.1, 0.15) is 0 Å². The Morgan fingerprint density at radius 2 is 2.25 bits per heavy atom. The van der Waals surface area contributed by atoms with Crippen molar-refractivity contribution in [2.24, 2.45) is 11.8 Å². The summed E-state index contributed by atoms with van der Waals surface area (Å²) in [6.45, 7) is 2.31. The van der Waals surface area contributed by atoms with E-state index in [2.05, 4.69) is 13.0 Å². The van der Waals surface area contributed by atoms with Crippen LogP contribution >= 0.6 is 0 Å². The zero-order valence-corrected chi connectivity index (χ0v) is 7.77. The highest BCUT2D eigenvalue weighted by Crippen LogP contribution is 2.57. The van der Waals surface area contributed by atoms with E-state index in [0.29, 0.717) is 0 Å². The molecule has 64 valence electrons. The van der Waals surface area contributed by atoms with E-state index in [1.807, 2.05) is 5.57 Å². The van der Waals surface area contributed by atoms with Crippen molar-refractivity contribution in [2.75, 3.05) is 0 Å². The second-order valence-electron chi connectivity index (χ2n) is 4.43. The van der Waals surface area contributed by atoms with Crippen LogP contribution in [-0.4, -0.2) is 0 Å². The first-order valence-electron chi connectivity index (χ1n) is 5.32. The van der Waals surface area contributed by atoms with Gasteiger partial charge in [0, 0.05) is 0 Å². The molecule has 0 spiro atoms. The quantitative estimate of drug-likeness (QED) is 0.551. The van der Waals surface area contributed by atoms with Gasteiger partial charge >= 0.3 is 0 Å². The summed E-state index contributed by atoms with van der Waals surface area (Å²) in [5, 5.41) is 0. The molecule has 0 N–H and O–H groups in total. The minimum absolute atomic E-state index is 0.992. The molecule has 2 atom stereocenters. The van der Waals surface area contributed by atoms with Crippen molar-refractivity contribution in [2.45, 2.75) is 39.0 Å². The molecule has 3 aliphatic rings. The van der Waals surface area contributed by atoms with Crippen molar-refractivity contribution in [3.8, 4) is 0 Å². The van der Waals surface area contributed by atoms with E-state index in [9.17, 15) is 0 Å². The van der Waals surface area contributed by atoms with E-state index >= 15 is 0 Å². The van der Waals surface area contributed by atoms with Gasteiger partial charge in [-0.3, -0.25) is 0 Å². The summed E-state index contributed by atoms with van der Waals surface area (Å²) in [4.78, 5) is 0. The molecule has 0 radical (unpaired) electrons. The maximum atomic E-state index is 2.52. The number of allylic oxidation sites excluding steroid dienone is 4. The molecule has 0 aromatic carbocycles. The molecule has 0 nitrogen and oxygen atoms in total. The molecule has 0 saturated heterocycles. The van der Waals surface area contributed by atoms with Crippen molar-refractivity contribution >= 4 is 0 Å². The maximum absolute atomic E-state index is 2.52. The molecule has 0 bridgehead atoms.